The third-order valence-electron chi connectivity index (χ3n) is 2.38. The lowest BCUT2D eigenvalue weighted by atomic mass is 10.3. The molecule has 96 valence electrons. The van der Waals surface area contributed by atoms with Gasteiger partial charge in [-0.2, -0.15) is 0 Å². The minimum absolute atomic E-state index is 0.471. The van der Waals surface area contributed by atoms with Crippen LogP contribution in [0.2, 0.25) is 0 Å². The average molecular weight is 238 g/mol. The summed E-state index contributed by atoms with van der Waals surface area (Å²) in [7, 11) is 3.65. The highest BCUT2D eigenvalue weighted by Gasteiger charge is 2.03. The van der Waals surface area contributed by atoms with Crippen LogP contribution in [0.5, 0.6) is 0 Å². The number of hydrogen-bond acceptors (Lipinski definition) is 5. The Bertz CT molecular complexity index is 313. The third kappa shape index (κ3) is 5.10. The topological polar surface area (TPSA) is 50.3 Å². The summed E-state index contributed by atoms with van der Waals surface area (Å²) in [5, 5.41) is 3.33. The van der Waals surface area contributed by atoms with Gasteiger partial charge < -0.3 is 15.0 Å². The van der Waals surface area contributed by atoms with Crippen LogP contribution in [0.3, 0.4) is 0 Å². The van der Waals surface area contributed by atoms with Gasteiger partial charge in [-0.25, -0.2) is 9.97 Å². The number of aromatic nitrogens is 2. The molecule has 0 spiro atoms. The highest BCUT2D eigenvalue weighted by molar-refractivity contribution is 5.28. The van der Waals surface area contributed by atoms with Crippen molar-refractivity contribution in [3.05, 3.63) is 18.0 Å². The van der Waals surface area contributed by atoms with E-state index >= 15 is 0 Å². The second-order valence-corrected chi connectivity index (χ2v) is 4.34. The van der Waals surface area contributed by atoms with E-state index in [1.165, 1.54) is 0 Å². The molecule has 0 atom stereocenters. The fourth-order valence-electron chi connectivity index (χ4n) is 1.29. The summed E-state index contributed by atoms with van der Waals surface area (Å²) in [5.41, 5.74) is 1.10. The summed E-state index contributed by atoms with van der Waals surface area (Å²) in [6.07, 6.45) is 3.72. The molecule has 17 heavy (non-hydrogen) atoms. The van der Waals surface area contributed by atoms with E-state index in [0.29, 0.717) is 12.6 Å². The van der Waals surface area contributed by atoms with E-state index in [0.717, 1.165) is 24.6 Å². The van der Waals surface area contributed by atoms with Gasteiger partial charge in [-0.3, -0.25) is 0 Å². The van der Waals surface area contributed by atoms with Crippen molar-refractivity contribution in [2.75, 3.05) is 32.2 Å². The minimum atomic E-state index is 0.471. The standard InChI is InChI=1S/C12H22N4O/c1-10(2)13-7-11-8-14-12(15-9-11)16(3)5-6-17-4/h8-10,13H,5-7H2,1-4H3. The summed E-state index contributed by atoms with van der Waals surface area (Å²) in [6.45, 7) is 6.51. The molecule has 0 aliphatic rings. The maximum atomic E-state index is 5.02. The first-order valence-corrected chi connectivity index (χ1v) is 5.88. The van der Waals surface area contributed by atoms with Crippen LogP contribution in [-0.4, -0.2) is 43.3 Å². The molecule has 0 saturated heterocycles. The maximum Gasteiger partial charge on any atom is 0.225 e. The van der Waals surface area contributed by atoms with Gasteiger partial charge in [0, 0.05) is 51.2 Å². The number of hydrogen-bond donors (Lipinski definition) is 1. The Balaban J connectivity index is 2.49. The first kappa shape index (κ1) is 13.9. The van der Waals surface area contributed by atoms with Gasteiger partial charge in [0.25, 0.3) is 0 Å². The molecule has 1 aromatic heterocycles. The Morgan fingerprint density at radius 2 is 2.00 bits per heavy atom. The van der Waals surface area contributed by atoms with Crippen LogP contribution in [0.1, 0.15) is 19.4 Å². The monoisotopic (exact) mass is 238 g/mol. The van der Waals surface area contributed by atoms with Gasteiger partial charge in [-0.1, -0.05) is 13.8 Å². The van der Waals surface area contributed by atoms with E-state index in [1.807, 2.05) is 24.3 Å². The molecule has 1 aromatic rings. The smallest absolute Gasteiger partial charge is 0.225 e. The normalized spacial score (nSPS) is 10.9. The summed E-state index contributed by atoms with van der Waals surface area (Å²) in [4.78, 5) is 10.6. The molecule has 0 unspecified atom stereocenters. The predicted octanol–water partition coefficient (Wildman–Crippen LogP) is 1.06. The third-order valence-corrected chi connectivity index (χ3v) is 2.38. The second kappa shape index (κ2) is 7.19. The minimum Gasteiger partial charge on any atom is -0.383 e. The van der Waals surface area contributed by atoms with Gasteiger partial charge in [0.05, 0.1) is 6.61 Å². The van der Waals surface area contributed by atoms with Crippen molar-refractivity contribution >= 4 is 5.95 Å². The molecule has 1 heterocycles. The number of rotatable bonds is 7. The molecule has 0 aliphatic carbocycles. The molecular weight excluding hydrogens is 216 g/mol. The number of methoxy groups -OCH3 is 1. The first-order chi connectivity index (χ1) is 8.13. The van der Waals surface area contributed by atoms with E-state index in [-0.39, 0.29) is 0 Å². The molecule has 0 fully saturated rings. The number of likely N-dealkylation sites (N-methyl/N-ethyl adjacent to an activating group) is 1. The molecule has 5 heteroatoms. The number of ether oxygens (including phenoxy) is 1. The number of nitrogens with zero attached hydrogens (tertiary/aromatic N) is 3. The van der Waals surface area contributed by atoms with Crippen LogP contribution in [0.15, 0.2) is 12.4 Å². The Labute approximate surface area is 103 Å². The SMILES string of the molecule is COCCN(C)c1ncc(CNC(C)C)cn1. The van der Waals surface area contributed by atoms with E-state index in [1.54, 1.807) is 7.11 Å². The molecule has 0 radical (unpaired) electrons. The number of nitrogens with one attached hydrogen (secondary N) is 1. The Morgan fingerprint density at radius 1 is 1.35 bits per heavy atom. The van der Waals surface area contributed by atoms with Crippen LogP contribution in [0, 0.1) is 0 Å². The molecule has 1 rings (SSSR count). The lowest BCUT2D eigenvalue weighted by molar-refractivity contribution is 0.206. The fourth-order valence-corrected chi connectivity index (χ4v) is 1.29. The largest absolute Gasteiger partial charge is 0.383 e. The molecule has 0 aliphatic heterocycles. The summed E-state index contributed by atoms with van der Waals surface area (Å²) >= 11 is 0. The highest BCUT2D eigenvalue weighted by atomic mass is 16.5. The lowest BCUT2D eigenvalue weighted by Gasteiger charge is -2.16. The predicted molar refractivity (Wildman–Crippen MR) is 69.2 cm³/mol. The molecule has 0 amide bonds. The molecule has 0 aromatic carbocycles. The Morgan fingerprint density at radius 3 is 2.53 bits per heavy atom. The first-order valence-electron chi connectivity index (χ1n) is 5.88. The van der Waals surface area contributed by atoms with E-state index in [2.05, 4.69) is 29.1 Å². The molecule has 5 nitrogen and oxygen atoms in total. The lowest BCUT2D eigenvalue weighted by Crippen LogP contribution is -2.25. The zero-order valence-corrected chi connectivity index (χ0v) is 11.1. The quantitative estimate of drug-likeness (QED) is 0.769. The summed E-state index contributed by atoms with van der Waals surface area (Å²) < 4.78 is 5.02. The molecular formula is C12H22N4O. The van der Waals surface area contributed by atoms with Gasteiger partial charge in [-0.15, -0.1) is 0 Å². The van der Waals surface area contributed by atoms with Gasteiger partial charge in [0.15, 0.2) is 0 Å². The van der Waals surface area contributed by atoms with Gasteiger partial charge in [0.1, 0.15) is 0 Å². The number of anilines is 1. The van der Waals surface area contributed by atoms with Crippen molar-refractivity contribution in [3.63, 3.8) is 0 Å². The zero-order valence-electron chi connectivity index (χ0n) is 11.1. The van der Waals surface area contributed by atoms with Gasteiger partial charge in [0.2, 0.25) is 5.95 Å². The van der Waals surface area contributed by atoms with Crippen LogP contribution in [0.25, 0.3) is 0 Å². The highest BCUT2D eigenvalue weighted by Crippen LogP contribution is 2.04. The van der Waals surface area contributed by atoms with Gasteiger partial charge in [-0.05, 0) is 0 Å². The van der Waals surface area contributed by atoms with Crippen molar-refractivity contribution in [3.8, 4) is 0 Å². The van der Waals surface area contributed by atoms with E-state index in [9.17, 15) is 0 Å². The fraction of sp³-hybridized carbons (Fsp3) is 0.667. The molecule has 0 saturated carbocycles. The van der Waals surface area contributed by atoms with Crippen LogP contribution < -0.4 is 10.2 Å². The van der Waals surface area contributed by atoms with Crippen molar-refractivity contribution in [1.82, 2.24) is 15.3 Å². The average Bonchev–Trinajstić information content (AvgIpc) is 2.34. The van der Waals surface area contributed by atoms with Crippen molar-refractivity contribution in [2.45, 2.75) is 26.4 Å². The van der Waals surface area contributed by atoms with E-state index < -0.39 is 0 Å². The van der Waals surface area contributed by atoms with Crippen LogP contribution in [-0.2, 0) is 11.3 Å². The zero-order chi connectivity index (χ0) is 12.7. The Kier molecular flexibility index (Phi) is 5.86. The summed E-state index contributed by atoms with van der Waals surface area (Å²) in [6, 6.07) is 0.471. The Hall–Kier alpha value is -1.20. The van der Waals surface area contributed by atoms with Crippen LogP contribution >= 0.6 is 0 Å². The van der Waals surface area contributed by atoms with Crippen molar-refractivity contribution in [1.29, 1.82) is 0 Å². The van der Waals surface area contributed by atoms with E-state index in [4.69, 9.17) is 4.74 Å². The maximum absolute atomic E-state index is 5.02. The second-order valence-electron chi connectivity index (χ2n) is 4.34. The van der Waals surface area contributed by atoms with Gasteiger partial charge >= 0.3 is 0 Å². The van der Waals surface area contributed by atoms with Crippen molar-refractivity contribution < 1.29 is 4.74 Å². The molecule has 1 N–H and O–H groups in total. The molecule has 0 bridgehead atoms. The van der Waals surface area contributed by atoms with Crippen LogP contribution in [0.4, 0.5) is 5.95 Å². The summed E-state index contributed by atoms with van der Waals surface area (Å²) in [5.74, 6) is 0.732. The van der Waals surface area contributed by atoms with Crippen molar-refractivity contribution in [2.24, 2.45) is 0 Å².